The predicted molar refractivity (Wildman–Crippen MR) is 69.9 cm³/mol. The number of hydrogen-bond acceptors (Lipinski definition) is 3. The van der Waals surface area contributed by atoms with Gasteiger partial charge in [-0.3, -0.25) is 9.69 Å². The Hall–Kier alpha value is -0.930. The van der Waals surface area contributed by atoms with Crippen LogP contribution in [0.15, 0.2) is 23.8 Å². The summed E-state index contributed by atoms with van der Waals surface area (Å²) in [6.45, 7) is 11.2. The van der Waals surface area contributed by atoms with Gasteiger partial charge in [0.1, 0.15) is 0 Å². The number of aliphatic hydroxyl groups is 1. The monoisotopic (exact) mass is 237 g/mol. The smallest absolute Gasteiger partial charge is 0.159 e. The fourth-order valence-electron chi connectivity index (χ4n) is 2.09. The molecule has 1 aliphatic rings. The summed E-state index contributed by atoms with van der Waals surface area (Å²) < 4.78 is 0. The summed E-state index contributed by atoms with van der Waals surface area (Å²) in [6.07, 6.45) is 3.46. The third kappa shape index (κ3) is 4.10. The topological polar surface area (TPSA) is 40.5 Å². The average molecular weight is 237 g/mol. The molecule has 17 heavy (non-hydrogen) atoms. The standard InChI is InChI=1S/C14H23NO2/c1-10(9-11(2)13(4)16)5-7-15-8-6-14(17)12(15)3/h9,12,14,17H,2,5-8H2,1,3-4H3/b10-9+. The average Bonchev–Trinajstić information content (AvgIpc) is 2.57. The van der Waals surface area contributed by atoms with Crippen LogP contribution < -0.4 is 0 Å². The lowest BCUT2D eigenvalue weighted by atomic mass is 10.1. The number of carbonyl (C=O) groups is 1. The van der Waals surface area contributed by atoms with Crippen molar-refractivity contribution in [2.24, 2.45) is 0 Å². The van der Waals surface area contributed by atoms with Crippen molar-refractivity contribution in [3.63, 3.8) is 0 Å². The zero-order valence-electron chi connectivity index (χ0n) is 11.1. The molecule has 0 radical (unpaired) electrons. The summed E-state index contributed by atoms with van der Waals surface area (Å²) in [6, 6.07) is 0.249. The van der Waals surface area contributed by atoms with Gasteiger partial charge in [0.2, 0.25) is 0 Å². The van der Waals surface area contributed by atoms with Crippen molar-refractivity contribution in [2.45, 2.75) is 45.8 Å². The molecule has 2 atom stereocenters. The Kier molecular flexibility index (Phi) is 5.09. The number of likely N-dealkylation sites (tertiary alicyclic amines) is 1. The molecule has 1 rings (SSSR count). The maximum atomic E-state index is 11.0. The van der Waals surface area contributed by atoms with Gasteiger partial charge in [-0.25, -0.2) is 0 Å². The summed E-state index contributed by atoms with van der Waals surface area (Å²) in [4.78, 5) is 13.3. The molecule has 1 saturated heterocycles. The summed E-state index contributed by atoms with van der Waals surface area (Å²) in [5.41, 5.74) is 1.73. The van der Waals surface area contributed by atoms with Crippen LogP contribution in [-0.2, 0) is 4.79 Å². The van der Waals surface area contributed by atoms with Gasteiger partial charge in [-0.05, 0) is 33.6 Å². The second-order valence-electron chi connectivity index (χ2n) is 4.95. The number of ketones is 1. The highest BCUT2D eigenvalue weighted by molar-refractivity contribution is 5.95. The zero-order chi connectivity index (χ0) is 13.0. The van der Waals surface area contributed by atoms with Crippen molar-refractivity contribution in [3.05, 3.63) is 23.8 Å². The minimum atomic E-state index is -0.188. The van der Waals surface area contributed by atoms with Crippen LogP contribution in [0.25, 0.3) is 0 Å². The molecule has 1 heterocycles. The Labute approximate surface area is 104 Å². The largest absolute Gasteiger partial charge is 0.391 e. The molecule has 3 nitrogen and oxygen atoms in total. The number of hydrogen-bond donors (Lipinski definition) is 1. The SMILES string of the molecule is C=C(/C=C(\C)CCN1CCC(O)C1C)C(C)=O. The van der Waals surface area contributed by atoms with E-state index in [1.807, 2.05) is 13.0 Å². The quantitative estimate of drug-likeness (QED) is 0.586. The van der Waals surface area contributed by atoms with Gasteiger partial charge < -0.3 is 5.11 Å². The van der Waals surface area contributed by atoms with Crippen LogP contribution in [0.1, 0.15) is 33.6 Å². The zero-order valence-corrected chi connectivity index (χ0v) is 11.1. The molecule has 0 amide bonds. The molecule has 1 fully saturated rings. The molecule has 0 aromatic rings. The van der Waals surface area contributed by atoms with E-state index in [1.54, 1.807) is 0 Å². The fourth-order valence-corrected chi connectivity index (χ4v) is 2.09. The Morgan fingerprint density at radius 2 is 2.18 bits per heavy atom. The number of aliphatic hydroxyl groups excluding tert-OH is 1. The Morgan fingerprint density at radius 3 is 2.65 bits per heavy atom. The van der Waals surface area contributed by atoms with Gasteiger partial charge in [0.05, 0.1) is 6.10 Å². The minimum Gasteiger partial charge on any atom is -0.391 e. The molecular weight excluding hydrogens is 214 g/mol. The lowest BCUT2D eigenvalue weighted by molar-refractivity contribution is -0.113. The Bertz CT molecular complexity index is 333. The molecule has 2 unspecified atom stereocenters. The highest BCUT2D eigenvalue weighted by atomic mass is 16.3. The van der Waals surface area contributed by atoms with E-state index < -0.39 is 0 Å². The second-order valence-corrected chi connectivity index (χ2v) is 4.95. The first-order valence-corrected chi connectivity index (χ1v) is 6.21. The van der Waals surface area contributed by atoms with Gasteiger partial charge >= 0.3 is 0 Å². The van der Waals surface area contributed by atoms with Crippen molar-refractivity contribution in [1.82, 2.24) is 4.90 Å². The summed E-state index contributed by atoms with van der Waals surface area (Å²) >= 11 is 0. The molecule has 1 N–H and O–H groups in total. The van der Waals surface area contributed by atoms with E-state index in [2.05, 4.69) is 18.4 Å². The van der Waals surface area contributed by atoms with E-state index in [4.69, 9.17) is 0 Å². The van der Waals surface area contributed by atoms with Gasteiger partial charge in [0.25, 0.3) is 0 Å². The number of carbonyl (C=O) groups excluding carboxylic acids is 1. The van der Waals surface area contributed by atoms with E-state index in [0.717, 1.165) is 25.9 Å². The van der Waals surface area contributed by atoms with Crippen molar-refractivity contribution >= 4 is 5.78 Å². The van der Waals surface area contributed by atoms with Crippen LogP contribution in [0.5, 0.6) is 0 Å². The third-order valence-corrected chi connectivity index (χ3v) is 3.51. The van der Waals surface area contributed by atoms with Crippen LogP contribution >= 0.6 is 0 Å². The van der Waals surface area contributed by atoms with Crippen LogP contribution in [0.2, 0.25) is 0 Å². The molecule has 96 valence electrons. The van der Waals surface area contributed by atoms with Crippen LogP contribution in [0, 0.1) is 0 Å². The lowest BCUT2D eigenvalue weighted by Crippen LogP contribution is -2.33. The van der Waals surface area contributed by atoms with Crippen LogP contribution in [-0.4, -0.2) is 41.0 Å². The Balaban J connectivity index is 2.41. The van der Waals surface area contributed by atoms with Crippen LogP contribution in [0.3, 0.4) is 0 Å². The first kappa shape index (κ1) is 14.1. The van der Waals surface area contributed by atoms with E-state index >= 15 is 0 Å². The highest BCUT2D eigenvalue weighted by Gasteiger charge is 2.28. The van der Waals surface area contributed by atoms with Crippen molar-refractivity contribution in [1.29, 1.82) is 0 Å². The summed E-state index contributed by atoms with van der Waals surface area (Å²) in [5, 5.41) is 9.64. The predicted octanol–water partition coefficient (Wildman–Crippen LogP) is 1.92. The normalized spacial score (nSPS) is 26.2. The molecule has 0 spiro atoms. The van der Waals surface area contributed by atoms with Gasteiger partial charge in [0.15, 0.2) is 5.78 Å². The van der Waals surface area contributed by atoms with Crippen molar-refractivity contribution < 1.29 is 9.90 Å². The first-order chi connectivity index (χ1) is 7.91. The van der Waals surface area contributed by atoms with Gasteiger partial charge in [0, 0.05) is 24.7 Å². The van der Waals surface area contributed by atoms with E-state index in [9.17, 15) is 9.90 Å². The maximum Gasteiger partial charge on any atom is 0.159 e. The molecule has 0 saturated carbocycles. The second kappa shape index (κ2) is 6.12. The third-order valence-electron chi connectivity index (χ3n) is 3.51. The molecule has 0 aliphatic carbocycles. The van der Waals surface area contributed by atoms with E-state index in [1.165, 1.54) is 12.5 Å². The maximum absolute atomic E-state index is 11.0. The number of rotatable bonds is 5. The van der Waals surface area contributed by atoms with Crippen LogP contribution in [0.4, 0.5) is 0 Å². The Morgan fingerprint density at radius 1 is 1.53 bits per heavy atom. The number of allylic oxidation sites excluding steroid dienone is 2. The number of nitrogens with zero attached hydrogens (tertiary/aromatic N) is 1. The van der Waals surface area contributed by atoms with E-state index in [0.29, 0.717) is 5.57 Å². The molecule has 0 aromatic heterocycles. The lowest BCUT2D eigenvalue weighted by Gasteiger charge is -2.22. The van der Waals surface area contributed by atoms with E-state index in [-0.39, 0.29) is 17.9 Å². The molecular formula is C14H23NO2. The van der Waals surface area contributed by atoms with Crippen molar-refractivity contribution in [2.75, 3.05) is 13.1 Å². The minimum absolute atomic E-state index is 0.0225. The summed E-state index contributed by atoms with van der Waals surface area (Å²) in [5.74, 6) is 0.0225. The molecule has 1 aliphatic heterocycles. The van der Waals surface area contributed by atoms with Gasteiger partial charge in [-0.15, -0.1) is 0 Å². The first-order valence-electron chi connectivity index (χ1n) is 6.21. The fraction of sp³-hybridized carbons (Fsp3) is 0.643. The summed E-state index contributed by atoms with van der Waals surface area (Å²) in [7, 11) is 0. The number of Topliss-reactive ketones (excluding diaryl/α,β-unsaturated/α-hetero) is 1. The highest BCUT2D eigenvalue weighted by Crippen LogP contribution is 2.18. The molecule has 3 heteroatoms. The van der Waals surface area contributed by atoms with Gasteiger partial charge in [-0.2, -0.15) is 0 Å². The molecule has 0 bridgehead atoms. The van der Waals surface area contributed by atoms with Crippen molar-refractivity contribution in [3.8, 4) is 0 Å². The molecule has 0 aromatic carbocycles. The van der Waals surface area contributed by atoms with Gasteiger partial charge in [-0.1, -0.05) is 18.2 Å².